The Morgan fingerprint density at radius 1 is 0.270 bits per heavy atom. The first-order chi connectivity index (χ1) is 59.8. The monoisotopic (exact) mass is 1600 g/mol. The number of ether oxygens (including phenoxy) is 2. The van der Waals surface area contributed by atoms with Crippen LogP contribution in [-0.2, 0) is 0 Å². The lowest BCUT2D eigenvalue weighted by atomic mass is 9.30. The summed E-state index contributed by atoms with van der Waals surface area (Å²) in [5.41, 5.74) is 39.0. The number of nitrogens with zero attached hydrogens (tertiary/aromatic N) is 6. The van der Waals surface area contributed by atoms with Crippen LogP contribution < -0.4 is 92.0 Å². The highest BCUT2D eigenvalue weighted by molar-refractivity contribution is 7.34. The number of hydrogen-bond donors (Lipinski definition) is 1. The maximum atomic E-state index is 8.22. The largest absolute Gasteiger partial charge is 0.458 e. The summed E-state index contributed by atoms with van der Waals surface area (Å²) in [5.74, 6) is 3.33. The molecule has 24 rings (SSSR count). The van der Waals surface area contributed by atoms with Crippen LogP contribution in [0.3, 0.4) is 0 Å². The maximum Gasteiger partial charge on any atom is 0.268 e. The average Bonchev–Trinajstić information content (AvgIpc) is 1.04. The van der Waals surface area contributed by atoms with Gasteiger partial charge >= 0.3 is 0 Å². The highest BCUT2D eigenvalue weighted by Crippen LogP contribution is 2.55. The number of anilines is 20. The molecule has 2 aromatic heterocycles. The number of nitrogens with one attached hydrogen (secondary N) is 1. The van der Waals surface area contributed by atoms with Crippen molar-refractivity contribution in [1.29, 1.82) is 0 Å². The minimum atomic E-state index is -0.383. The van der Waals surface area contributed by atoms with Gasteiger partial charge in [0, 0.05) is 128 Å². The van der Waals surface area contributed by atoms with Crippen LogP contribution in [0.1, 0.15) is 44.5 Å². The second kappa shape index (κ2) is 27.7. The molecule has 0 fully saturated rings. The van der Waals surface area contributed by atoms with Gasteiger partial charge in [-0.05, 0) is 249 Å². The first kappa shape index (κ1) is 71.9. The van der Waals surface area contributed by atoms with Crippen LogP contribution in [0, 0.1) is 55.4 Å². The number of rotatable bonds is 12. The SMILES string of the molecule is Cc1ccc(N(c2ccc(C)cc2)c2cc3c4c(c2)N(c2ccccc2)c2c(sc5ccccc25)B4c2cc4c(cc2N3)N(c2c(C)cc(C)cc2C)c2cc(N(c3ccccc3)c3ccccc3)cc3c2B4c2cc4c(cc2O3)N(c2c(C)cc(C)cc2C)c2cc(N(c3ccccc3)c3ccccc3)cc3c2B4c2sc4ccccc4c2O3)cc1. The molecule has 18 aromatic rings. The fourth-order valence-corrected chi connectivity index (χ4v) is 23.5. The van der Waals surface area contributed by atoms with E-state index < -0.39 is 0 Å². The van der Waals surface area contributed by atoms with Crippen LogP contribution in [0.15, 0.2) is 334 Å². The van der Waals surface area contributed by atoms with E-state index in [2.05, 4.69) is 424 Å². The molecule has 8 heterocycles. The van der Waals surface area contributed by atoms with Crippen molar-refractivity contribution in [3.8, 4) is 23.0 Å². The van der Waals surface area contributed by atoms with Crippen molar-refractivity contribution in [2.24, 2.45) is 0 Å². The van der Waals surface area contributed by atoms with Gasteiger partial charge in [0.05, 0.1) is 34.1 Å². The Bertz CT molecular complexity index is 7220. The van der Waals surface area contributed by atoms with Gasteiger partial charge in [0.25, 0.3) is 20.1 Å². The molecule has 0 amide bonds. The van der Waals surface area contributed by atoms with Crippen LogP contribution in [0.25, 0.3) is 20.2 Å². The smallest absolute Gasteiger partial charge is 0.268 e. The third-order valence-electron chi connectivity index (χ3n) is 25.8. The summed E-state index contributed by atoms with van der Waals surface area (Å²) in [6.07, 6.45) is 0. The number of benzene rings is 16. The molecule has 580 valence electrons. The van der Waals surface area contributed by atoms with Crippen molar-refractivity contribution in [3.63, 3.8) is 0 Å². The van der Waals surface area contributed by atoms with Crippen molar-refractivity contribution < 1.29 is 9.47 Å². The van der Waals surface area contributed by atoms with Gasteiger partial charge in [0.1, 0.15) is 23.0 Å². The van der Waals surface area contributed by atoms with Crippen molar-refractivity contribution >= 4 is 225 Å². The fourth-order valence-electron chi connectivity index (χ4n) is 21.0. The predicted octanol–water partition coefficient (Wildman–Crippen LogP) is 24.2. The van der Waals surface area contributed by atoms with E-state index in [1.54, 1.807) is 0 Å². The van der Waals surface area contributed by atoms with Gasteiger partial charge in [0.2, 0.25) is 0 Å². The molecule has 0 spiro atoms. The Kier molecular flexibility index (Phi) is 16.3. The third-order valence-corrected chi connectivity index (χ3v) is 28.2. The molecule has 6 aliphatic heterocycles. The molecule has 16 aromatic carbocycles. The summed E-state index contributed by atoms with van der Waals surface area (Å²) in [4.78, 5) is 15.0. The zero-order valence-corrected chi connectivity index (χ0v) is 70.4. The second-order valence-corrected chi connectivity index (χ2v) is 35.9. The molecule has 0 aliphatic carbocycles. The summed E-state index contributed by atoms with van der Waals surface area (Å²) in [6, 6.07) is 124. The minimum absolute atomic E-state index is 0.217. The summed E-state index contributed by atoms with van der Waals surface area (Å²) in [5, 5.41) is 6.72. The molecule has 0 unspecified atom stereocenters. The third kappa shape index (κ3) is 11.1. The molecule has 0 saturated carbocycles. The van der Waals surface area contributed by atoms with Gasteiger partial charge in [-0.3, -0.25) is 0 Å². The first-order valence-electron chi connectivity index (χ1n) is 42.2. The first-order valence-corrected chi connectivity index (χ1v) is 43.8. The molecular formula is C108H80B3N7O2S2. The summed E-state index contributed by atoms with van der Waals surface area (Å²) in [6.45, 7) is 17.1. The van der Waals surface area contributed by atoms with Gasteiger partial charge in [-0.25, -0.2) is 0 Å². The molecule has 1 N–H and O–H groups in total. The fraction of sp³-hybridized carbons (Fsp3) is 0.0741. The Morgan fingerprint density at radius 2 is 0.672 bits per heavy atom. The highest BCUT2D eigenvalue weighted by Gasteiger charge is 2.52. The number of para-hydroxylation sites is 5. The zero-order valence-electron chi connectivity index (χ0n) is 68.8. The lowest BCUT2D eigenvalue weighted by Gasteiger charge is -2.45. The highest BCUT2D eigenvalue weighted by atomic mass is 32.1. The molecule has 6 aliphatic rings. The maximum absolute atomic E-state index is 8.22. The average molecular weight is 1600 g/mol. The quantitative estimate of drug-likeness (QED) is 0.121. The molecule has 122 heavy (non-hydrogen) atoms. The normalized spacial score (nSPS) is 13.2. The minimum Gasteiger partial charge on any atom is -0.458 e. The predicted molar refractivity (Wildman–Crippen MR) is 520 cm³/mol. The van der Waals surface area contributed by atoms with E-state index in [4.69, 9.17) is 9.47 Å². The van der Waals surface area contributed by atoms with E-state index in [0.717, 1.165) is 153 Å². The second-order valence-electron chi connectivity index (χ2n) is 33.7. The van der Waals surface area contributed by atoms with Crippen LogP contribution in [0.2, 0.25) is 0 Å². The van der Waals surface area contributed by atoms with Crippen LogP contribution in [0.5, 0.6) is 23.0 Å². The number of thiophene rings is 2. The Morgan fingerprint density at radius 3 is 1.20 bits per heavy atom. The summed E-state index contributed by atoms with van der Waals surface area (Å²) < 4.78 is 20.9. The lowest BCUT2D eigenvalue weighted by Crippen LogP contribution is -2.65. The zero-order chi connectivity index (χ0) is 81.6. The molecular weight excluding hydrogens is 1520 g/mol. The standard InChI is InChI=1S/C108H80B3N7O2S2/c1-64-42-46-77(47-43-64)115(78-48-44-65(2)45-49-78)79-54-89-100-92(55-79)116(76-36-22-13-23-37-76)105-82-38-24-26-40-98(82)121-107(105)110(100)84-60-85-90(62-88(84)112-89)117(103-68(5)50-66(3)51-69(103)6)93-56-80(113(72-28-14-9-15-29-72)73-30-16-10-17-31-73)58-96-101(93)109(85)87-61-86-91(63-95(87)119-96)118(104-70(7)52-67(4)53-71(104)8)94-57-81(114(74-32-18-11-19-33-74)75-34-20-12-21-35-75)59-97-102(94)111(86)108-106(120-97)83-39-25-27-41-99(83)122-108/h9-63,112H,1-8H3. The Labute approximate surface area is 720 Å². The molecule has 0 atom stereocenters. The molecule has 0 saturated heterocycles. The summed E-state index contributed by atoms with van der Waals surface area (Å²) in [7, 11) is 0. The van der Waals surface area contributed by atoms with Crippen molar-refractivity contribution in [1.82, 2.24) is 0 Å². The van der Waals surface area contributed by atoms with E-state index in [9.17, 15) is 0 Å². The van der Waals surface area contributed by atoms with Gasteiger partial charge in [-0.2, -0.15) is 0 Å². The van der Waals surface area contributed by atoms with Gasteiger partial charge in [-0.15, -0.1) is 22.7 Å². The molecule has 9 nitrogen and oxygen atoms in total. The van der Waals surface area contributed by atoms with Gasteiger partial charge in [0.15, 0.2) is 0 Å². The molecule has 0 radical (unpaired) electrons. The topological polar surface area (TPSA) is 49.9 Å². The van der Waals surface area contributed by atoms with Gasteiger partial charge in [-0.1, -0.05) is 204 Å². The van der Waals surface area contributed by atoms with E-state index in [1.807, 2.05) is 22.7 Å². The molecule has 0 bridgehead atoms. The van der Waals surface area contributed by atoms with Crippen LogP contribution in [0.4, 0.5) is 114 Å². The summed E-state index contributed by atoms with van der Waals surface area (Å²) >= 11 is 3.78. The van der Waals surface area contributed by atoms with Crippen LogP contribution in [-0.4, -0.2) is 20.1 Å². The van der Waals surface area contributed by atoms with E-state index in [1.165, 1.54) is 96.4 Å². The van der Waals surface area contributed by atoms with E-state index in [0.29, 0.717) is 0 Å². The number of aryl methyl sites for hydroxylation is 8. The van der Waals surface area contributed by atoms with Crippen LogP contribution >= 0.6 is 22.7 Å². The Balaban J connectivity index is 0.811. The Hall–Kier alpha value is -14.2. The van der Waals surface area contributed by atoms with E-state index >= 15 is 0 Å². The van der Waals surface area contributed by atoms with E-state index in [-0.39, 0.29) is 20.1 Å². The van der Waals surface area contributed by atoms with Crippen molar-refractivity contribution in [2.45, 2.75) is 55.4 Å². The number of hydrogen-bond acceptors (Lipinski definition) is 11. The number of fused-ring (bicyclic) bond motifs is 16. The lowest BCUT2D eigenvalue weighted by molar-refractivity contribution is 0.488. The van der Waals surface area contributed by atoms with Gasteiger partial charge < -0.3 is 44.2 Å². The van der Waals surface area contributed by atoms with Crippen molar-refractivity contribution in [3.05, 3.63) is 378 Å². The molecule has 14 heteroatoms. The van der Waals surface area contributed by atoms with Crippen molar-refractivity contribution in [2.75, 3.05) is 34.7 Å².